The summed E-state index contributed by atoms with van der Waals surface area (Å²) in [6.07, 6.45) is 2.33. The molecule has 1 heterocycles. The zero-order valence-corrected chi connectivity index (χ0v) is 13.6. The van der Waals surface area contributed by atoms with Crippen LogP contribution in [0.1, 0.15) is 43.6 Å². The fourth-order valence-corrected chi connectivity index (χ4v) is 2.25. The summed E-state index contributed by atoms with van der Waals surface area (Å²) in [6, 6.07) is 0. The molecule has 0 fully saturated rings. The Morgan fingerprint density at radius 1 is 1.37 bits per heavy atom. The number of unbranched alkanes of at least 4 members (excludes halogenated alkanes) is 1. The molecular weight excluding hydrogens is 256 g/mol. The maximum atomic E-state index is 5.40. The largest absolute Gasteiger partial charge is 0.363 e. The first-order chi connectivity index (χ1) is 9.01. The van der Waals surface area contributed by atoms with Crippen LogP contribution >= 0.6 is 12.2 Å². The normalized spacial score (nSPS) is 10.6. The smallest absolute Gasteiger partial charge is 0.168 e. The molecule has 0 saturated carbocycles. The lowest BCUT2D eigenvalue weighted by Gasteiger charge is -2.21. The van der Waals surface area contributed by atoms with Gasteiger partial charge in [0, 0.05) is 37.9 Å². The van der Waals surface area contributed by atoms with Gasteiger partial charge in [0.15, 0.2) is 5.11 Å². The number of hydrogen-bond donors (Lipinski definition) is 1. The Balaban J connectivity index is 2.63. The van der Waals surface area contributed by atoms with E-state index in [0.29, 0.717) is 0 Å². The van der Waals surface area contributed by atoms with E-state index in [0.717, 1.165) is 36.9 Å². The van der Waals surface area contributed by atoms with Crippen LogP contribution in [0, 0.1) is 13.8 Å². The summed E-state index contributed by atoms with van der Waals surface area (Å²) in [5.74, 6) is 0. The van der Waals surface area contributed by atoms with Gasteiger partial charge in [0.1, 0.15) is 0 Å². The van der Waals surface area contributed by atoms with Gasteiger partial charge in [-0.2, -0.15) is 5.10 Å². The average molecular weight is 282 g/mol. The molecule has 4 nitrogen and oxygen atoms in total. The van der Waals surface area contributed by atoms with E-state index in [2.05, 4.69) is 43.0 Å². The molecule has 0 bridgehead atoms. The van der Waals surface area contributed by atoms with E-state index in [1.807, 2.05) is 11.7 Å². The fourth-order valence-electron chi connectivity index (χ4n) is 2.09. The lowest BCUT2D eigenvalue weighted by Crippen LogP contribution is -2.37. The van der Waals surface area contributed by atoms with Gasteiger partial charge in [-0.3, -0.25) is 4.68 Å². The summed E-state index contributed by atoms with van der Waals surface area (Å²) in [7, 11) is 2.03. The summed E-state index contributed by atoms with van der Waals surface area (Å²) in [4.78, 5) is 2.09. The quantitative estimate of drug-likeness (QED) is 0.642. The Morgan fingerprint density at radius 2 is 2.05 bits per heavy atom. The van der Waals surface area contributed by atoms with Gasteiger partial charge in [0.25, 0.3) is 0 Å². The molecule has 0 unspecified atom stereocenters. The average Bonchev–Trinajstić information content (AvgIpc) is 2.66. The maximum absolute atomic E-state index is 5.40. The summed E-state index contributed by atoms with van der Waals surface area (Å²) >= 11 is 5.40. The Hall–Kier alpha value is -1.10. The molecule has 0 atom stereocenters. The van der Waals surface area contributed by atoms with Gasteiger partial charge in [-0.25, -0.2) is 0 Å². The molecule has 19 heavy (non-hydrogen) atoms. The van der Waals surface area contributed by atoms with E-state index >= 15 is 0 Å². The highest BCUT2D eigenvalue weighted by Gasteiger charge is 2.13. The Bertz CT molecular complexity index is 425. The first-order valence-electron chi connectivity index (χ1n) is 7.03. The zero-order valence-electron chi connectivity index (χ0n) is 12.8. The lowest BCUT2D eigenvalue weighted by molar-refractivity contribution is 0.484. The monoisotopic (exact) mass is 282 g/mol. The second-order valence-corrected chi connectivity index (χ2v) is 5.29. The van der Waals surface area contributed by atoms with E-state index in [1.165, 1.54) is 17.7 Å². The highest BCUT2D eigenvalue weighted by Crippen LogP contribution is 2.15. The van der Waals surface area contributed by atoms with Crippen LogP contribution in [-0.2, 0) is 13.1 Å². The maximum Gasteiger partial charge on any atom is 0.168 e. The van der Waals surface area contributed by atoms with Gasteiger partial charge in [0.05, 0.1) is 5.69 Å². The number of nitrogens with zero attached hydrogens (tertiary/aromatic N) is 3. The van der Waals surface area contributed by atoms with Crippen molar-refractivity contribution in [2.45, 2.75) is 53.6 Å². The third kappa shape index (κ3) is 4.20. The number of aromatic nitrogens is 2. The summed E-state index contributed by atoms with van der Waals surface area (Å²) in [6.45, 7) is 11.2. The summed E-state index contributed by atoms with van der Waals surface area (Å²) < 4.78 is 2.05. The molecular formula is C14H26N4S. The van der Waals surface area contributed by atoms with Crippen LogP contribution in [0.15, 0.2) is 0 Å². The molecule has 0 amide bonds. The number of thiocarbonyl (C=S) groups is 1. The molecule has 1 aromatic rings. The molecule has 0 aliphatic heterocycles. The molecule has 0 aliphatic carbocycles. The van der Waals surface area contributed by atoms with Crippen molar-refractivity contribution in [3.63, 3.8) is 0 Å². The number of nitrogens with one attached hydrogen (secondary N) is 1. The van der Waals surface area contributed by atoms with Crippen molar-refractivity contribution >= 4 is 17.3 Å². The topological polar surface area (TPSA) is 33.1 Å². The van der Waals surface area contributed by atoms with Crippen LogP contribution in [0.5, 0.6) is 0 Å². The van der Waals surface area contributed by atoms with Crippen molar-refractivity contribution in [2.75, 3.05) is 13.6 Å². The molecule has 0 saturated heterocycles. The molecule has 1 aromatic heterocycles. The summed E-state index contributed by atoms with van der Waals surface area (Å²) in [5.41, 5.74) is 3.62. The van der Waals surface area contributed by atoms with Crippen LogP contribution in [0.4, 0.5) is 0 Å². The molecule has 0 aliphatic rings. The molecule has 108 valence electrons. The molecule has 5 heteroatoms. The second kappa shape index (κ2) is 7.48. The van der Waals surface area contributed by atoms with Crippen molar-refractivity contribution < 1.29 is 0 Å². The highest BCUT2D eigenvalue weighted by molar-refractivity contribution is 7.80. The van der Waals surface area contributed by atoms with Gasteiger partial charge in [0.2, 0.25) is 0 Å². The van der Waals surface area contributed by atoms with Crippen LogP contribution in [0.3, 0.4) is 0 Å². The van der Waals surface area contributed by atoms with Crippen molar-refractivity contribution in [3.8, 4) is 0 Å². The molecule has 0 radical (unpaired) electrons. The van der Waals surface area contributed by atoms with Crippen molar-refractivity contribution in [3.05, 3.63) is 17.0 Å². The Kier molecular flexibility index (Phi) is 6.28. The second-order valence-electron chi connectivity index (χ2n) is 4.91. The Morgan fingerprint density at radius 3 is 2.58 bits per heavy atom. The molecule has 0 aromatic carbocycles. The molecule has 1 rings (SSSR count). The minimum atomic E-state index is 0.815. The SMILES string of the molecule is CCCCNC(=S)N(C)Cc1c(C)nn(CC)c1C. The van der Waals surface area contributed by atoms with Gasteiger partial charge in [-0.15, -0.1) is 0 Å². The zero-order chi connectivity index (χ0) is 14.4. The van der Waals surface area contributed by atoms with Crippen LogP contribution in [0.25, 0.3) is 0 Å². The first kappa shape index (κ1) is 16.0. The fraction of sp³-hybridized carbons (Fsp3) is 0.714. The molecule has 0 spiro atoms. The summed E-state index contributed by atoms with van der Waals surface area (Å²) in [5, 5.41) is 8.65. The van der Waals surface area contributed by atoms with E-state index in [-0.39, 0.29) is 0 Å². The first-order valence-corrected chi connectivity index (χ1v) is 7.43. The van der Waals surface area contributed by atoms with Crippen molar-refractivity contribution in [2.24, 2.45) is 0 Å². The van der Waals surface area contributed by atoms with E-state index in [9.17, 15) is 0 Å². The standard InChI is InChI=1S/C14H26N4S/c1-6-8-9-15-14(19)17(5)10-13-11(3)16-18(7-2)12(13)4/h6-10H2,1-5H3,(H,15,19). The highest BCUT2D eigenvalue weighted by atomic mass is 32.1. The predicted octanol–water partition coefficient (Wildman–Crippen LogP) is 2.63. The van der Waals surface area contributed by atoms with Gasteiger partial charge < -0.3 is 10.2 Å². The van der Waals surface area contributed by atoms with Gasteiger partial charge in [-0.05, 0) is 39.4 Å². The number of hydrogen-bond acceptors (Lipinski definition) is 2. The predicted molar refractivity (Wildman–Crippen MR) is 84.4 cm³/mol. The van der Waals surface area contributed by atoms with Crippen LogP contribution in [0.2, 0.25) is 0 Å². The van der Waals surface area contributed by atoms with E-state index in [4.69, 9.17) is 12.2 Å². The minimum Gasteiger partial charge on any atom is -0.363 e. The third-order valence-corrected chi connectivity index (χ3v) is 3.84. The van der Waals surface area contributed by atoms with E-state index < -0.39 is 0 Å². The van der Waals surface area contributed by atoms with Gasteiger partial charge in [-0.1, -0.05) is 13.3 Å². The van der Waals surface area contributed by atoms with Crippen molar-refractivity contribution in [1.82, 2.24) is 20.0 Å². The third-order valence-electron chi connectivity index (χ3n) is 3.38. The Labute approximate surface area is 122 Å². The van der Waals surface area contributed by atoms with Crippen LogP contribution < -0.4 is 5.32 Å². The number of aryl methyl sites for hydroxylation is 2. The lowest BCUT2D eigenvalue weighted by atomic mass is 10.2. The van der Waals surface area contributed by atoms with E-state index in [1.54, 1.807) is 0 Å². The van der Waals surface area contributed by atoms with Crippen molar-refractivity contribution in [1.29, 1.82) is 0 Å². The number of rotatable bonds is 6. The molecule has 1 N–H and O–H groups in total. The minimum absolute atomic E-state index is 0.815. The van der Waals surface area contributed by atoms with Gasteiger partial charge >= 0.3 is 0 Å². The van der Waals surface area contributed by atoms with Crippen LogP contribution in [-0.4, -0.2) is 33.4 Å².